The summed E-state index contributed by atoms with van der Waals surface area (Å²) >= 11 is 0. The zero-order valence-corrected chi connectivity index (χ0v) is 17.0. The third-order valence-electron chi connectivity index (χ3n) is 4.78. The largest absolute Gasteiger partial charge is 0.472 e. The number of aryl methyl sites for hydroxylation is 1. The van der Waals surface area contributed by atoms with Gasteiger partial charge in [0.15, 0.2) is 11.6 Å². The maximum absolute atomic E-state index is 14.5. The van der Waals surface area contributed by atoms with Crippen molar-refractivity contribution in [2.45, 2.75) is 64.7 Å². The Morgan fingerprint density at radius 1 is 1.17 bits per heavy atom. The molecule has 2 aromatic heterocycles. The Morgan fingerprint density at radius 2 is 1.83 bits per heavy atom. The number of amides is 1. The first-order valence-electron chi connectivity index (χ1n) is 9.90. The van der Waals surface area contributed by atoms with Gasteiger partial charge in [-0.25, -0.2) is 19.3 Å². The monoisotopic (exact) mass is 402 g/mol. The van der Waals surface area contributed by atoms with Crippen LogP contribution < -0.4 is 10.1 Å². The zero-order chi connectivity index (χ0) is 20.8. The lowest BCUT2D eigenvalue weighted by Gasteiger charge is -2.29. The number of nitrogens with zero attached hydrogens (tertiary/aromatic N) is 3. The Morgan fingerprint density at radius 3 is 2.45 bits per heavy atom. The molecule has 29 heavy (non-hydrogen) atoms. The van der Waals surface area contributed by atoms with Gasteiger partial charge in [-0.05, 0) is 51.2 Å². The van der Waals surface area contributed by atoms with Crippen LogP contribution in [0, 0.1) is 12.7 Å². The van der Waals surface area contributed by atoms with Crippen molar-refractivity contribution in [2.24, 2.45) is 0 Å². The van der Waals surface area contributed by atoms with Gasteiger partial charge in [-0.1, -0.05) is 0 Å². The molecule has 1 atom stereocenters. The number of hydrogen-bond acceptors (Lipinski definition) is 6. The molecule has 0 saturated heterocycles. The number of aromatic nitrogens is 3. The summed E-state index contributed by atoms with van der Waals surface area (Å²) in [7, 11) is 0. The maximum Gasteiger partial charge on any atom is 0.250 e. The van der Waals surface area contributed by atoms with Crippen molar-refractivity contribution in [3.63, 3.8) is 0 Å². The SMILES string of the molecule is CC(=O)N[C@@H](C)COC1CCC(Oc2ncc(-c3ncc(C)cn3)cc2F)CC1. The van der Waals surface area contributed by atoms with Crippen molar-refractivity contribution in [1.82, 2.24) is 20.3 Å². The van der Waals surface area contributed by atoms with Crippen molar-refractivity contribution in [3.8, 4) is 17.3 Å². The summed E-state index contributed by atoms with van der Waals surface area (Å²) in [5.74, 6) is -0.147. The van der Waals surface area contributed by atoms with E-state index in [1.807, 2.05) is 13.8 Å². The van der Waals surface area contributed by atoms with Gasteiger partial charge in [-0.15, -0.1) is 0 Å². The molecule has 0 spiro atoms. The Bertz CT molecular complexity index is 823. The van der Waals surface area contributed by atoms with Gasteiger partial charge in [0.05, 0.1) is 12.7 Å². The molecule has 2 aromatic rings. The van der Waals surface area contributed by atoms with E-state index in [9.17, 15) is 9.18 Å². The lowest BCUT2D eigenvalue weighted by molar-refractivity contribution is -0.120. The summed E-state index contributed by atoms with van der Waals surface area (Å²) in [6, 6.07) is 1.33. The molecule has 0 unspecified atom stereocenters. The molecule has 8 heteroatoms. The molecular formula is C21H27FN4O3. The first-order chi connectivity index (χ1) is 13.9. The van der Waals surface area contributed by atoms with E-state index in [0.717, 1.165) is 31.2 Å². The van der Waals surface area contributed by atoms with E-state index in [4.69, 9.17) is 9.47 Å². The second kappa shape index (κ2) is 9.73. The quantitative estimate of drug-likeness (QED) is 0.765. The van der Waals surface area contributed by atoms with Crippen LogP contribution in [-0.2, 0) is 9.53 Å². The molecule has 1 amide bonds. The Kier molecular flexibility index (Phi) is 7.09. The van der Waals surface area contributed by atoms with Crippen molar-refractivity contribution >= 4 is 5.91 Å². The smallest absolute Gasteiger partial charge is 0.250 e. The molecule has 1 N–H and O–H groups in total. The van der Waals surface area contributed by atoms with Crippen LogP contribution in [0.2, 0.25) is 0 Å². The highest BCUT2D eigenvalue weighted by molar-refractivity contribution is 5.73. The molecule has 3 rings (SSSR count). The number of pyridine rings is 1. The molecule has 156 valence electrons. The fourth-order valence-corrected chi connectivity index (χ4v) is 3.32. The standard InChI is InChI=1S/C21H27FN4O3/c1-13-9-23-20(24-10-13)16-8-19(22)21(25-11-16)29-18-6-4-17(5-7-18)28-12-14(2)26-15(3)27/h8-11,14,17-18H,4-7,12H2,1-3H3,(H,26,27)/t14-,17?,18?/m0/s1. The first-order valence-corrected chi connectivity index (χ1v) is 9.90. The lowest BCUT2D eigenvalue weighted by atomic mass is 9.95. The van der Waals surface area contributed by atoms with Crippen LogP contribution in [0.25, 0.3) is 11.4 Å². The molecular weight excluding hydrogens is 375 g/mol. The zero-order valence-electron chi connectivity index (χ0n) is 17.0. The number of hydrogen-bond donors (Lipinski definition) is 1. The molecule has 0 aromatic carbocycles. The van der Waals surface area contributed by atoms with Crippen LogP contribution in [-0.4, -0.2) is 45.7 Å². The van der Waals surface area contributed by atoms with Crippen LogP contribution in [0.15, 0.2) is 24.7 Å². The van der Waals surface area contributed by atoms with E-state index in [1.165, 1.54) is 19.2 Å². The average molecular weight is 402 g/mol. The van der Waals surface area contributed by atoms with Gasteiger partial charge in [-0.2, -0.15) is 0 Å². The number of nitrogens with one attached hydrogen (secondary N) is 1. The Hall–Kier alpha value is -2.61. The summed E-state index contributed by atoms with van der Waals surface area (Å²) in [5, 5.41) is 2.80. The van der Waals surface area contributed by atoms with Crippen LogP contribution >= 0.6 is 0 Å². The number of ether oxygens (including phenoxy) is 2. The van der Waals surface area contributed by atoms with Crippen molar-refractivity contribution in [2.75, 3.05) is 6.61 Å². The fraction of sp³-hybridized carbons (Fsp3) is 0.524. The lowest BCUT2D eigenvalue weighted by Crippen LogP contribution is -2.37. The van der Waals surface area contributed by atoms with Crippen LogP contribution in [0.4, 0.5) is 4.39 Å². The highest BCUT2D eigenvalue weighted by atomic mass is 19.1. The van der Waals surface area contributed by atoms with Crippen LogP contribution in [0.1, 0.15) is 45.1 Å². The minimum Gasteiger partial charge on any atom is -0.472 e. The van der Waals surface area contributed by atoms with E-state index < -0.39 is 5.82 Å². The van der Waals surface area contributed by atoms with Crippen molar-refractivity contribution in [3.05, 3.63) is 36.0 Å². The minimum atomic E-state index is -0.519. The van der Waals surface area contributed by atoms with Crippen molar-refractivity contribution in [1.29, 1.82) is 0 Å². The topological polar surface area (TPSA) is 86.2 Å². The molecule has 0 radical (unpaired) electrons. The molecule has 1 saturated carbocycles. The number of carbonyl (C=O) groups excluding carboxylic acids is 1. The number of carbonyl (C=O) groups is 1. The highest BCUT2D eigenvalue weighted by Gasteiger charge is 2.25. The van der Waals surface area contributed by atoms with Gasteiger partial charge < -0.3 is 14.8 Å². The summed E-state index contributed by atoms with van der Waals surface area (Å²) in [6.45, 7) is 5.78. The predicted octanol–water partition coefficient (Wildman–Crippen LogP) is 3.22. The number of halogens is 1. The first kappa shape index (κ1) is 21.1. The Labute approximate surface area is 170 Å². The van der Waals surface area contributed by atoms with E-state index in [1.54, 1.807) is 12.4 Å². The summed E-state index contributed by atoms with van der Waals surface area (Å²) in [5.41, 5.74) is 1.45. The molecule has 1 aliphatic carbocycles. The van der Waals surface area contributed by atoms with E-state index in [2.05, 4.69) is 20.3 Å². The third-order valence-corrected chi connectivity index (χ3v) is 4.78. The van der Waals surface area contributed by atoms with Gasteiger partial charge in [-0.3, -0.25) is 4.79 Å². The van der Waals surface area contributed by atoms with Crippen LogP contribution in [0.3, 0.4) is 0 Å². The fourth-order valence-electron chi connectivity index (χ4n) is 3.32. The molecule has 0 bridgehead atoms. The van der Waals surface area contributed by atoms with E-state index in [0.29, 0.717) is 18.0 Å². The molecule has 1 aliphatic rings. The molecule has 2 heterocycles. The maximum atomic E-state index is 14.5. The second-order valence-corrected chi connectivity index (χ2v) is 7.55. The summed E-state index contributed by atoms with van der Waals surface area (Å²) in [6.07, 6.45) is 8.12. The summed E-state index contributed by atoms with van der Waals surface area (Å²) < 4.78 is 26.1. The predicted molar refractivity (Wildman–Crippen MR) is 106 cm³/mol. The molecule has 7 nitrogen and oxygen atoms in total. The van der Waals surface area contributed by atoms with Gasteiger partial charge in [0, 0.05) is 37.1 Å². The Balaban J connectivity index is 1.49. The van der Waals surface area contributed by atoms with Gasteiger partial charge in [0.1, 0.15) is 6.10 Å². The van der Waals surface area contributed by atoms with Gasteiger partial charge in [0.25, 0.3) is 5.88 Å². The second-order valence-electron chi connectivity index (χ2n) is 7.55. The number of rotatable bonds is 7. The van der Waals surface area contributed by atoms with E-state index in [-0.39, 0.29) is 30.0 Å². The molecule has 0 aliphatic heterocycles. The minimum absolute atomic E-state index is 0.00418. The van der Waals surface area contributed by atoms with Crippen LogP contribution in [0.5, 0.6) is 5.88 Å². The van der Waals surface area contributed by atoms with E-state index >= 15 is 0 Å². The van der Waals surface area contributed by atoms with Crippen molar-refractivity contribution < 1.29 is 18.7 Å². The third kappa shape index (κ3) is 6.19. The van der Waals surface area contributed by atoms with Gasteiger partial charge >= 0.3 is 0 Å². The average Bonchev–Trinajstić information content (AvgIpc) is 2.69. The normalized spacial score (nSPS) is 20.1. The highest BCUT2D eigenvalue weighted by Crippen LogP contribution is 2.27. The van der Waals surface area contributed by atoms with Gasteiger partial charge in [0.2, 0.25) is 5.91 Å². The molecule has 1 fully saturated rings. The summed E-state index contributed by atoms with van der Waals surface area (Å²) in [4.78, 5) is 23.6.